The number of sulfonamides is 1. The third kappa shape index (κ3) is 4.18. The molecule has 0 saturated carbocycles. The van der Waals surface area contributed by atoms with Gasteiger partial charge in [-0.25, -0.2) is 13.6 Å². The first kappa shape index (κ1) is 17.6. The summed E-state index contributed by atoms with van der Waals surface area (Å²) in [6.45, 7) is 3.74. The van der Waals surface area contributed by atoms with Gasteiger partial charge in [0.2, 0.25) is 10.0 Å². The molecule has 0 aliphatic carbocycles. The maximum Gasteiger partial charge on any atom is 0.314 e. The van der Waals surface area contributed by atoms with Crippen molar-refractivity contribution in [2.45, 2.75) is 18.7 Å². The van der Waals surface area contributed by atoms with E-state index in [2.05, 4.69) is 10.6 Å². The van der Waals surface area contributed by atoms with Gasteiger partial charge in [-0.1, -0.05) is 12.1 Å². The molecule has 0 bridgehead atoms. The van der Waals surface area contributed by atoms with E-state index < -0.39 is 21.8 Å². The van der Waals surface area contributed by atoms with Crippen LogP contribution in [0.5, 0.6) is 0 Å². The third-order valence-corrected chi connectivity index (χ3v) is 4.43. The third-order valence-electron chi connectivity index (χ3n) is 3.50. The lowest BCUT2D eigenvalue weighted by atomic mass is 10.1. The molecule has 0 atom stereocenters. The summed E-state index contributed by atoms with van der Waals surface area (Å²) in [5, 5.41) is 9.92. The molecule has 0 saturated heterocycles. The molecule has 0 heterocycles. The lowest BCUT2D eigenvalue weighted by Gasteiger charge is -2.10. The molecule has 2 amide bonds. The van der Waals surface area contributed by atoms with Crippen LogP contribution in [0.25, 0.3) is 0 Å². The van der Waals surface area contributed by atoms with Crippen molar-refractivity contribution in [1.29, 1.82) is 0 Å². The molecule has 24 heavy (non-hydrogen) atoms. The number of carbonyl (C=O) groups is 2. The van der Waals surface area contributed by atoms with E-state index in [1.54, 1.807) is 12.1 Å². The van der Waals surface area contributed by atoms with Gasteiger partial charge in [0, 0.05) is 11.4 Å². The molecule has 0 unspecified atom stereocenters. The number of nitrogens with one attached hydrogen (secondary N) is 2. The Balaban J connectivity index is 2.06. The summed E-state index contributed by atoms with van der Waals surface area (Å²) >= 11 is 0. The number of nitrogens with two attached hydrogens (primary N) is 1. The van der Waals surface area contributed by atoms with Gasteiger partial charge in [0.05, 0.1) is 4.90 Å². The molecular formula is C16H17N3O4S. The van der Waals surface area contributed by atoms with Gasteiger partial charge in [0.15, 0.2) is 0 Å². The number of hydrogen-bond acceptors (Lipinski definition) is 4. The van der Waals surface area contributed by atoms with Crippen LogP contribution in [0.4, 0.5) is 11.4 Å². The molecule has 0 aliphatic rings. The van der Waals surface area contributed by atoms with Crippen LogP contribution < -0.4 is 15.8 Å². The topological polar surface area (TPSA) is 118 Å². The number of primary sulfonamides is 1. The highest BCUT2D eigenvalue weighted by atomic mass is 32.2. The highest BCUT2D eigenvalue weighted by Crippen LogP contribution is 2.18. The Morgan fingerprint density at radius 2 is 1.50 bits per heavy atom. The fraction of sp³-hybridized carbons (Fsp3) is 0.125. The van der Waals surface area contributed by atoms with Crippen molar-refractivity contribution in [3.8, 4) is 0 Å². The van der Waals surface area contributed by atoms with Gasteiger partial charge < -0.3 is 10.6 Å². The maximum absolute atomic E-state index is 12.0. The van der Waals surface area contributed by atoms with E-state index in [0.29, 0.717) is 5.69 Å². The molecule has 0 spiro atoms. The Labute approximate surface area is 139 Å². The van der Waals surface area contributed by atoms with Crippen LogP contribution >= 0.6 is 0 Å². The molecule has 7 nitrogen and oxygen atoms in total. The van der Waals surface area contributed by atoms with Crippen molar-refractivity contribution < 1.29 is 18.0 Å². The summed E-state index contributed by atoms with van der Waals surface area (Å²) < 4.78 is 22.3. The summed E-state index contributed by atoms with van der Waals surface area (Å²) in [6.07, 6.45) is 0. The molecular weight excluding hydrogens is 330 g/mol. The van der Waals surface area contributed by atoms with Gasteiger partial charge in [-0.05, 0) is 55.3 Å². The van der Waals surface area contributed by atoms with Crippen molar-refractivity contribution in [2.75, 3.05) is 10.6 Å². The van der Waals surface area contributed by atoms with E-state index in [1.165, 1.54) is 24.3 Å². The van der Waals surface area contributed by atoms with Gasteiger partial charge in [-0.3, -0.25) is 9.59 Å². The van der Waals surface area contributed by atoms with Gasteiger partial charge in [-0.15, -0.1) is 0 Å². The largest absolute Gasteiger partial charge is 0.318 e. The molecule has 0 radical (unpaired) electrons. The maximum atomic E-state index is 12.0. The Bertz CT molecular complexity index is 890. The number of aryl methyl sites for hydroxylation is 1. The first-order valence-corrected chi connectivity index (χ1v) is 8.54. The zero-order chi connectivity index (χ0) is 17.9. The molecule has 0 aliphatic heterocycles. The minimum absolute atomic E-state index is 0.0830. The summed E-state index contributed by atoms with van der Waals surface area (Å²) in [4.78, 5) is 23.8. The second kappa shape index (κ2) is 6.81. The number of rotatable bonds is 3. The minimum Gasteiger partial charge on any atom is -0.318 e. The molecule has 2 aromatic carbocycles. The van der Waals surface area contributed by atoms with Crippen molar-refractivity contribution in [3.05, 3.63) is 53.6 Å². The Morgan fingerprint density at radius 3 is 2.08 bits per heavy atom. The van der Waals surface area contributed by atoms with Crippen LogP contribution in [0, 0.1) is 13.8 Å². The van der Waals surface area contributed by atoms with Gasteiger partial charge in [-0.2, -0.15) is 0 Å². The lowest BCUT2D eigenvalue weighted by molar-refractivity contribution is -0.133. The predicted molar refractivity (Wildman–Crippen MR) is 91.0 cm³/mol. The average molecular weight is 347 g/mol. The second-order valence-electron chi connectivity index (χ2n) is 5.23. The standard InChI is InChI=1S/C16H17N3O4S/c1-10-4-3-5-14(11(10)2)19-16(21)15(20)18-12-6-8-13(9-7-12)24(17,22)23/h3-9H,1-2H3,(H,18,20)(H,19,21)(H2,17,22,23). The van der Waals surface area contributed by atoms with Gasteiger partial charge in [0.1, 0.15) is 0 Å². The zero-order valence-electron chi connectivity index (χ0n) is 13.2. The Hall–Kier alpha value is -2.71. The van der Waals surface area contributed by atoms with Crippen molar-refractivity contribution in [1.82, 2.24) is 0 Å². The fourth-order valence-electron chi connectivity index (χ4n) is 1.98. The van der Waals surface area contributed by atoms with E-state index in [-0.39, 0.29) is 10.6 Å². The molecule has 8 heteroatoms. The van der Waals surface area contributed by atoms with Crippen molar-refractivity contribution in [2.24, 2.45) is 5.14 Å². The fourth-order valence-corrected chi connectivity index (χ4v) is 2.50. The molecule has 126 valence electrons. The second-order valence-corrected chi connectivity index (χ2v) is 6.79. The van der Waals surface area contributed by atoms with Crippen LogP contribution in [0.15, 0.2) is 47.4 Å². The van der Waals surface area contributed by atoms with Crippen LogP contribution in [0.2, 0.25) is 0 Å². The van der Waals surface area contributed by atoms with Crippen LogP contribution in [-0.2, 0) is 19.6 Å². The van der Waals surface area contributed by atoms with Crippen LogP contribution in [-0.4, -0.2) is 20.2 Å². The smallest absolute Gasteiger partial charge is 0.314 e. The number of hydrogen-bond donors (Lipinski definition) is 3. The molecule has 0 aromatic heterocycles. The number of carbonyl (C=O) groups excluding carboxylic acids is 2. The molecule has 4 N–H and O–H groups in total. The Kier molecular flexibility index (Phi) is 5.01. The van der Waals surface area contributed by atoms with Crippen molar-refractivity contribution >= 4 is 33.2 Å². The van der Waals surface area contributed by atoms with Gasteiger partial charge in [0.25, 0.3) is 0 Å². The van der Waals surface area contributed by atoms with Gasteiger partial charge >= 0.3 is 11.8 Å². The molecule has 2 rings (SSSR count). The van der Waals surface area contributed by atoms with E-state index in [1.807, 2.05) is 19.9 Å². The van der Waals surface area contributed by atoms with E-state index in [9.17, 15) is 18.0 Å². The van der Waals surface area contributed by atoms with E-state index in [4.69, 9.17) is 5.14 Å². The van der Waals surface area contributed by atoms with Crippen LogP contribution in [0.3, 0.4) is 0 Å². The first-order chi connectivity index (χ1) is 11.2. The predicted octanol–water partition coefficient (Wildman–Crippen LogP) is 1.53. The summed E-state index contributed by atoms with van der Waals surface area (Å²) in [6, 6.07) is 10.6. The average Bonchev–Trinajstić information content (AvgIpc) is 2.51. The SMILES string of the molecule is Cc1cccc(NC(=O)C(=O)Nc2ccc(S(N)(=O)=O)cc2)c1C. The monoisotopic (exact) mass is 347 g/mol. The zero-order valence-corrected chi connectivity index (χ0v) is 14.0. The number of benzene rings is 2. The summed E-state index contributed by atoms with van der Waals surface area (Å²) in [5.41, 5.74) is 2.70. The lowest BCUT2D eigenvalue weighted by Crippen LogP contribution is -2.29. The highest BCUT2D eigenvalue weighted by molar-refractivity contribution is 7.89. The van der Waals surface area contributed by atoms with Crippen LogP contribution in [0.1, 0.15) is 11.1 Å². The first-order valence-electron chi connectivity index (χ1n) is 7.00. The molecule has 0 fully saturated rings. The normalized spacial score (nSPS) is 11.0. The Morgan fingerprint density at radius 1 is 0.917 bits per heavy atom. The summed E-state index contributed by atoms with van der Waals surface area (Å²) in [7, 11) is -3.81. The van der Waals surface area contributed by atoms with E-state index in [0.717, 1.165) is 11.1 Å². The quantitative estimate of drug-likeness (QED) is 0.730. The van der Waals surface area contributed by atoms with E-state index >= 15 is 0 Å². The summed E-state index contributed by atoms with van der Waals surface area (Å²) in [5.74, 6) is -1.68. The van der Waals surface area contributed by atoms with Crippen molar-refractivity contribution in [3.63, 3.8) is 0 Å². The highest BCUT2D eigenvalue weighted by Gasteiger charge is 2.16. The molecule has 2 aromatic rings. The minimum atomic E-state index is -3.81. The number of anilines is 2. The number of amides is 2.